The number of aromatic nitrogens is 2. The molecule has 2 amide bonds. The van der Waals surface area contributed by atoms with E-state index in [4.69, 9.17) is 10.5 Å². The van der Waals surface area contributed by atoms with Gasteiger partial charge in [-0.2, -0.15) is 0 Å². The Morgan fingerprint density at radius 1 is 1.37 bits per heavy atom. The van der Waals surface area contributed by atoms with Crippen LogP contribution in [0.4, 0.5) is 30.8 Å². The Labute approximate surface area is 171 Å². The van der Waals surface area contributed by atoms with Crippen LogP contribution in [0, 0.1) is 0 Å². The number of anilines is 3. The highest BCUT2D eigenvalue weighted by molar-refractivity contribution is 5.90. The zero-order chi connectivity index (χ0) is 21.6. The van der Waals surface area contributed by atoms with E-state index >= 15 is 0 Å². The van der Waals surface area contributed by atoms with Crippen molar-refractivity contribution in [2.45, 2.75) is 32.0 Å². The number of halogens is 2. The fraction of sp³-hybridized carbons (Fsp3) is 0.421. The fourth-order valence-corrected chi connectivity index (χ4v) is 3.61. The first-order chi connectivity index (χ1) is 14.3. The molecule has 30 heavy (non-hydrogen) atoms. The molecule has 4 rings (SSSR count). The van der Waals surface area contributed by atoms with Crippen LogP contribution in [0.15, 0.2) is 24.4 Å². The summed E-state index contributed by atoms with van der Waals surface area (Å²) >= 11 is 0. The van der Waals surface area contributed by atoms with Gasteiger partial charge in [0.25, 0.3) is 6.43 Å². The van der Waals surface area contributed by atoms with Crippen molar-refractivity contribution in [2.75, 3.05) is 35.3 Å². The number of fused-ring (bicyclic) bond motifs is 3. The molecular weight excluding hydrogens is 398 g/mol. The van der Waals surface area contributed by atoms with Crippen molar-refractivity contribution < 1.29 is 23.1 Å². The first kappa shape index (κ1) is 19.9. The molecule has 1 aromatic carbocycles. The summed E-state index contributed by atoms with van der Waals surface area (Å²) in [6.45, 7) is 2.49. The van der Waals surface area contributed by atoms with Crippen molar-refractivity contribution in [1.82, 2.24) is 9.55 Å². The van der Waals surface area contributed by atoms with Gasteiger partial charge in [0, 0.05) is 43.3 Å². The summed E-state index contributed by atoms with van der Waals surface area (Å²) in [5, 5.41) is 3.05. The van der Waals surface area contributed by atoms with E-state index < -0.39 is 30.5 Å². The van der Waals surface area contributed by atoms with Crippen molar-refractivity contribution >= 4 is 29.2 Å². The lowest BCUT2D eigenvalue weighted by Crippen LogP contribution is -2.38. The van der Waals surface area contributed by atoms with E-state index in [1.165, 1.54) is 0 Å². The molecule has 9 nitrogen and oxygen atoms in total. The third-order valence-corrected chi connectivity index (χ3v) is 5.34. The number of nitrogens with zero attached hydrogens (tertiary/aromatic N) is 4. The van der Waals surface area contributed by atoms with Gasteiger partial charge in [-0.3, -0.25) is 4.79 Å². The molecule has 0 saturated carbocycles. The number of benzene rings is 1. The molecule has 0 radical (unpaired) electrons. The van der Waals surface area contributed by atoms with Gasteiger partial charge in [-0.15, -0.1) is 0 Å². The molecule has 11 heteroatoms. The van der Waals surface area contributed by atoms with Crippen molar-refractivity contribution in [3.05, 3.63) is 24.4 Å². The predicted octanol–water partition coefficient (Wildman–Crippen LogP) is 1.88. The van der Waals surface area contributed by atoms with E-state index in [1.54, 1.807) is 19.2 Å². The molecule has 2 atom stereocenters. The number of carbonyl (C=O) groups is 2. The second-order valence-corrected chi connectivity index (χ2v) is 7.39. The zero-order valence-corrected chi connectivity index (χ0v) is 16.5. The summed E-state index contributed by atoms with van der Waals surface area (Å²) in [4.78, 5) is 30.8. The highest BCUT2D eigenvalue weighted by Gasteiger charge is 2.42. The van der Waals surface area contributed by atoms with Crippen LogP contribution in [0.1, 0.15) is 6.92 Å². The number of imidazole rings is 1. The van der Waals surface area contributed by atoms with Crippen LogP contribution in [-0.2, 0) is 16.1 Å². The second kappa shape index (κ2) is 7.47. The normalized spacial score (nSPS) is 19.2. The van der Waals surface area contributed by atoms with Crippen LogP contribution in [0.25, 0.3) is 11.4 Å². The lowest BCUT2D eigenvalue weighted by Gasteiger charge is -2.21. The summed E-state index contributed by atoms with van der Waals surface area (Å²) in [6, 6.07) is 3.61. The molecule has 1 fully saturated rings. The van der Waals surface area contributed by atoms with Gasteiger partial charge < -0.3 is 25.3 Å². The lowest BCUT2D eigenvalue weighted by molar-refractivity contribution is -0.118. The Morgan fingerprint density at radius 3 is 2.83 bits per heavy atom. The van der Waals surface area contributed by atoms with E-state index in [-0.39, 0.29) is 12.4 Å². The van der Waals surface area contributed by atoms with Crippen LogP contribution >= 0.6 is 0 Å². The maximum absolute atomic E-state index is 13.3. The zero-order valence-electron chi connectivity index (χ0n) is 16.5. The van der Waals surface area contributed by atoms with Gasteiger partial charge in [-0.1, -0.05) is 0 Å². The van der Waals surface area contributed by atoms with Crippen LogP contribution in [0.5, 0.6) is 0 Å². The Morgan fingerprint density at radius 2 is 2.13 bits per heavy atom. The Balaban J connectivity index is 1.72. The van der Waals surface area contributed by atoms with Crippen LogP contribution < -0.4 is 20.9 Å². The molecule has 1 aromatic heterocycles. The van der Waals surface area contributed by atoms with E-state index in [9.17, 15) is 18.4 Å². The number of nitrogens with two attached hydrogens (primary N) is 1. The maximum atomic E-state index is 13.3. The summed E-state index contributed by atoms with van der Waals surface area (Å²) in [6.07, 6.45) is -1.97. The largest absolute Gasteiger partial charge is 0.447 e. The number of primary amides is 1. The quantitative estimate of drug-likeness (QED) is 0.765. The number of likely N-dealkylation sites (N-methyl/N-ethyl adjacent to an activating group) is 1. The van der Waals surface area contributed by atoms with Crippen molar-refractivity contribution in [2.24, 2.45) is 5.73 Å². The molecule has 2 aromatic rings. The summed E-state index contributed by atoms with van der Waals surface area (Å²) < 4.78 is 33.3. The Bertz CT molecular complexity index is 995. The summed E-state index contributed by atoms with van der Waals surface area (Å²) in [7, 11) is 1.93. The van der Waals surface area contributed by atoms with E-state index in [2.05, 4.69) is 10.3 Å². The maximum Gasteiger partial charge on any atom is 0.416 e. The molecule has 3 N–H and O–H groups in total. The molecule has 1 unspecified atom stereocenters. The second-order valence-electron chi connectivity index (χ2n) is 7.39. The van der Waals surface area contributed by atoms with Crippen LogP contribution in [0.2, 0.25) is 0 Å². The van der Waals surface area contributed by atoms with Crippen molar-refractivity contribution in [3.8, 4) is 11.4 Å². The molecule has 2 aliphatic rings. The first-order valence-electron chi connectivity index (χ1n) is 9.49. The molecular formula is C19H22F2N6O3. The van der Waals surface area contributed by atoms with Gasteiger partial charge >= 0.3 is 6.09 Å². The SMILES string of the molecule is C[C@H](Nc1ccc2c(c1)N(C)CCn1cc(N3C(=O)OCC3C(F)F)nc1-2)C(N)=O. The van der Waals surface area contributed by atoms with Crippen molar-refractivity contribution in [3.63, 3.8) is 0 Å². The summed E-state index contributed by atoms with van der Waals surface area (Å²) in [5.74, 6) is 0.231. The minimum absolute atomic E-state index is 0.137. The molecule has 0 spiro atoms. The van der Waals surface area contributed by atoms with E-state index in [0.29, 0.717) is 24.6 Å². The van der Waals surface area contributed by atoms with Gasteiger partial charge in [-0.05, 0) is 25.1 Å². The molecule has 3 heterocycles. The lowest BCUT2D eigenvalue weighted by atomic mass is 10.1. The number of carbonyl (C=O) groups excluding carboxylic acids is 2. The summed E-state index contributed by atoms with van der Waals surface area (Å²) in [5.41, 5.74) is 7.66. The number of hydrogen-bond donors (Lipinski definition) is 2. The number of amides is 2. The molecule has 160 valence electrons. The van der Waals surface area contributed by atoms with Gasteiger partial charge in [0.2, 0.25) is 5.91 Å². The molecule has 0 aliphatic carbocycles. The number of nitrogens with one attached hydrogen (secondary N) is 1. The number of ether oxygens (including phenoxy) is 1. The average molecular weight is 420 g/mol. The third kappa shape index (κ3) is 3.40. The Hall–Kier alpha value is -3.37. The average Bonchev–Trinajstić information content (AvgIpc) is 3.26. The predicted molar refractivity (Wildman–Crippen MR) is 107 cm³/mol. The smallest absolute Gasteiger partial charge is 0.416 e. The number of alkyl halides is 2. The van der Waals surface area contributed by atoms with Crippen LogP contribution in [-0.4, -0.2) is 60.3 Å². The van der Waals surface area contributed by atoms with Gasteiger partial charge in [-0.25, -0.2) is 23.5 Å². The topological polar surface area (TPSA) is 106 Å². The van der Waals surface area contributed by atoms with Gasteiger partial charge in [0.05, 0.1) is 0 Å². The highest BCUT2D eigenvalue weighted by atomic mass is 19.3. The minimum Gasteiger partial charge on any atom is -0.447 e. The van der Waals surface area contributed by atoms with Gasteiger partial charge in [0.15, 0.2) is 5.82 Å². The monoisotopic (exact) mass is 420 g/mol. The minimum atomic E-state index is -2.74. The van der Waals surface area contributed by atoms with E-state index in [1.807, 2.05) is 28.6 Å². The number of cyclic esters (lactones) is 1. The molecule has 0 bridgehead atoms. The molecule has 1 saturated heterocycles. The van der Waals surface area contributed by atoms with Crippen LogP contribution in [0.3, 0.4) is 0 Å². The first-order valence-corrected chi connectivity index (χ1v) is 9.49. The number of rotatable bonds is 5. The highest BCUT2D eigenvalue weighted by Crippen LogP contribution is 2.37. The van der Waals surface area contributed by atoms with E-state index in [0.717, 1.165) is 16.2 Å². The standard InChI is InChI=1S/C19H22F2N6O3/c1-10(17(22)28)23-11-3-4-12-13(7-11)25(2)5-6-26-8-15(24-18(12)26)27-14(16(20)21)9-30-19(27)29/h3-4,7-8,10,14,16,23H,5-6,9H2,1-2H3,(H2,22,28)/t10-,14?/m0/s1. The van der Waals surface area contributed by atoms with Gasteiger partial charge in [0.1, 0.15) is 24.5 Å². The number of hydrogen-bond acceptors (Lipinski definition) is 6. The Kier molecular flexibility index (Phi) is 4.96. The fourth-order valence-electron chi connectivity index (χ4n) is 3.61. The van der Waals surface area contributed by atoms with Crippen molar-refractivity contribution in [1.29, 1.82) is 0 Å². The third-order valence-electron chi connectivity index (χ3n) is 5.34. The molecule has 2 aliphatic heterocycles.